The lowest BCUT2D eigenvalue weighted by Gasteiger charge is -2.42. The SMILES string of the molecule is CC1(C)c2ccccc2N(c2ccn3c(-c4ccccc4)c(-c4ccccc4)nc3c2)c2ccccc21. The summed E-state index contributed by atoms with van der Waals surface area (Å²) in [5.74, 6) is 0. The number of fused-ring (bicyclic) bond motifs is 3. The van der Waals surface area contributed by atoms with E-state index in [-0.39, 0.29) is 5.41 Å². The number of imidazole rings is 1. The van der Waals surface area contributed by atoms with E-state index in [4.69, 9.17) is 4.98 Å². The Hall–Kier alpha value is -4.63. The molecule has 3 heterocycles. The van der Waals surface area contributed by atoms with Crippen molar-refractivity contribution in [3.8, 4) is 22.5 Å². The van der Waals surface area contributed by atoms with Gasteiger partial charge < -0.3 is 4.90 Å². The van der Waals surface area contributed by atoms with E-state index in [2.05, 4.69) is 145 Å². The van der Waals surface area contributed by atoms with Crippen molar-refractivity contribution in [1.82, 2.24) is 9.38 Å². The molecule has 0 saturated heterocycles. The van der Waals surface area contributed by atoms with Gasteiger partial charge >= 0.3 is 0 Å². The van der Waals surface area contributed by atoms with Crippen LogP contribution in [0.4, 0.5) is 17.1 Å². The van der Waals surface area contributed by atoms with E-state index >= 15 is 0 Å². The highest BCUT2D eigenvalue weighted by Gasteiger charge is 2.36. The van der Waals surface area contributed by atoms with Gasteiger partial charge in [-0.15, -0.1) is 0 Å². The Bertz CT molecular complexity index is 1700. The van der Waals surface area contributed by atoms with Crippen molar-refractivity contribution in [2.75, 3.05) is 4.90 Å². The highest BCUT2D eigenvalue weighted by molar-refractivity contribution is 5.88. The lowest BCUT2D eigenvalue weighted by atomic mass is 9.73. The first-order valence-corrected chi connectivity index (χ1v) is 12.7. The van der Waals surface area contributed by atoms with Gasteiger partial charge in [-0.3, -0.25) is 4.40 Å². The maximum atomic E-state index is 5.19. The molecular weight excluding hydrogens is 450 g/mol. The maximum absolute atomic E-state index is 5.19. The maximum Gasteiger partial charge on any atom is 0.140 e. The Morgan fingerprint density at radius 1 is 0.595 bits per heavy atom. The van der Waals surface area contributed by atoms with Crippen molar-refractivity contribution in [3.05, 3.63) is 139 Å². The summed E-state index contributed by atoms with van der Waals surface area (Å²) in [4.78, 5) is 7.58. The molecule has 6 aromatic rings. The van der Waals surface area contributed by atoms with Crippen LogP contribution in [0.2, 0.25) is 0 Å². The first-order valence-electron chi connectivity index (χ1n) is 12.7. The van der Waals surface area contributed by atoms with Crippen LogP contribution in [-0.4, -0.2) is 9.38 Å². The van der Waals surface area contributed by atoms with Crippen LogP contribution in [0.1, 0.15) is 25.0 Å². The van der Waals surface area contributed by atoms with Gasteiger partial charge in [-0.2, -0.15) is 0 Å². The Labute approximate surface area is 217 Å². The predicted octanol–water partition coefficient (Wildman–Crippen LogP) is 8.78. The summed E-state index contributed by atoms with van der Waals surface area (Å²) in [5.41, 5.74) is 11.4. The van der Waals surface area contributed by atoms with E-state index in [9.17, 15) is 0 Å². The summed E-state index contributed by atoms with van der Waals surface area (Å²) in [6.07, 6.45) is 2.16. The highest BCUT2D eigenvalue weighted by Crippen LogP contribution is 2.51. The topological polar surface area (TPSA) is 20.5 Å². The molecule has 0 radical (unpaired) electrons. The van der Waals surface area contributed by atoms with Gasteiger partial charge in [-0.25, -0.2) is 4.98 Å². The zero-order valence-electron chi connectivity index (χ0n) is 21.0. The minimum absolute atomic E-state index is 0.0813. The zero-order valence-corrected chi connectivity index (χ0v) is 21.0. The molecule has 0 saturated carbocycles. The summed E-state index contributed by atoms with van der Waals surface area (Å²) in [6, 6.07) is 42.9. The molecule has 0 atom stereocenters. The van der Waals surface area contributed by atoms with Crippen molar-refractivity contribution >= 4 is 22.7 Å². The second-order valence-corrected chi connectivity index (χ2v) is 10.1. The normalized spacial score (nSPS) is 13.8. The van der Waals surface area contributed by atoms with Gasteiger partial charge in [0.1, 0.15) is 5.65 Å². The van der Waals surface area contributed by atoms with Gasteiger partial charge in [-0.05, 0) is 29.3 Å². The fourth-order valence-corrected chi connectivity index (χ4v) is 5.79. The number of hydrogen-bond acceptors (Lipinski definition) is 2. The first-order chi connectivity index (χ1) is 18.1. The summed E-state index contributed by atoms with van der Waals surface area (Å²) < 4.78 is 2.22. The van der Waals surface area contributed by atoms with E-state index in [1.165, 1.54) is 22.5 Å². The minimum atomic E-state index is -0.0813. The molecule has 3 nitrogen and oxygen atoms in total. The molecule has 0 spiro atoms. The lowest BCUT2D eigenvalue weighted by molar-refractivity contribution is 0.632. The van der Waals surface area contributed by atoms with Gasteiger partial charge in [-0.1, -0.05) is 111 Å². The number of rotatable bonds is 3. The number of benzene rings is 4. The molecule has 0 aliphatic carbocycles. The number of pyridine rings is 1. The second kappa shape index (κ2) is 8.21. The molecule has 2 aromatic heterocycles. The molecule has 0 amide bonds. The van der Waals surface area contributed by atoms with E-state index in [0.717, 1.165) is 33.8 Å². The fourth-order valence-electron chi connectivity index (χ4n) is 5.79. The smallest absolute Gasteiger partial charge is 0.140 e. The fraction of sp³-hybridized carbons (Fsp3) is 0.0882. The summed E-state index contributed by atoms with van der Waals surface area (Å²) in [5, 5.41) is 0. The van der Waals surface area contributed by atoms with E-state index in [0.29, 0.717) is 0 Å². The third kappa shape index (κ3) is 3.31. The monoisotopic (exact) mass is 477 g/mol. The van der Waals surface area contributed by atoms with Crippen molar-refractivity contribution in [2.24, 2.45) is 0 Å². The third-order valence-electron chi connectivity index (χ3n) is 7.60. The molecule has 1 aliphatic heterocycles. The minimum Gasteiger partial charge on any atom is -0.310 e. The number of hydrogen-bond donors (Lipinski definition) is 0. The molecule has 178 valence electrons. The van der Waals surface area contributed by atoms with E-state index in [1.54, 1.807) is 0 Å². The third-order valence-corrected chi connectivity index (χ3v) is 7.60. The summed E-state index contributed by atoms with van der Waals surface area (Å²) in [7, 11) is 0. The molecule has 4 aromatic carbocycles. The molecule has 0 unspecified atom stereocenters. The second-order valence-electron chi connectivity index (χ2n) is 10.1. The van der Waals surface area contributed by atoms with Crippen LogP contribution in [0.25, 0.3) is 28.2 Å². The standard InChI is InChI=1S/C34H27N3/c1-34(2)27-17-9-11-19-29(27)37(30-20-12-10-18-28(30)34)26-21-22-36-31(23-26)35-32(24-13-5-3-6-14-24)33(36)25-15-7-4-8-16-25/h3-23H,1-2H3. The quantitative estimate of drug-likeness (QED) is 0.254. The lowest BCUT2D eigenvalue weighted by Crippen LogP contribution is -2.30. The Kier molecular flexibility index (Phi) is 4.80. The first kappa shape index (κ1) is 21.6. The van der Waals surface area contributed by atoms with E-state index in [1.807, 2.05) is 6.07 Å². The van der Waals surface area contributed by atoms with Gasteiger partial charge in [0.05, 0.1) is 28.5 Å². The van der Waals surface area contributed by atoms with Crippen molar-refractivity contribution < 1.29 is 0 Å². The van der Waals surface area contributed by atoms with Crippen molar-refractivity contribution in [3.63, 3.8) is 0 Å². The van der Waals surface area contributed by atoms with Crippen molar-refractivity contribution in [2.45, 2.75) is 19.3 Å². The molecule has 0 bridgehead atoms. The summed E-state index contributed by atoms with van der Waals surface area (Å²) in [6.45, 7) is 4.64. The number of para-hydroxylation sites is 2. The van der Waals surface area contributed by atoms with Crippen LogP contribution in [0, 0.1) is 0 Å². The zero-order chi connectivity index (χ0) is 25.0. The van der Waals surface area contributed by atoms with Gasteiger partial charge in [0.15, 0.2) is 0 Å². The molecule has 7 rings (SSSR count). The van der Waals surface area contributed by atoms with E-state index < -0.39 is 0 Å². The van der Waals surface area contributed by atoms with Gasteiger partial charge in [0.25, 0.3) is 0 Å². The molecule has 0 fully saturated rings. The number of aromatic nitrogens is 2. The van der Waals surface area contributed by atoms with Crippen LogP contribution in [0.15, 0.2) is 128 Å². The molecule has 1 aliphatic rings. The van der Waals surface area contributed by atoms with Gasteiger partial charge in [0.2, 0.25) is 0 Å². The average Bonchev–Trinajstić information content (AvgIpc) is 3.33. The molecule has 0 N–H and O–H groups in total. The van der Waals surface area contributed by atoms with Gasteiger partial charge in [0, 0.05) is 28.8 Å². The predicted molar refractivity (Wildman–Crippen MR) is 153 cm³/mol. The van der Waals surface area contributed by atoms with Crippen LogP contribution < -0.4 is 4.90 Å². The van der Waals surface area contributed by atoms with Crippen LogP contribution in [0.3, 0.4) is 0 Å². The molecular formula is C34H27N3. The average molecular weight is 478 g/mol. The number of nitrogens with zero attached hydrogens (tertiary/aromatic N) is 3. The largest absolute Gasteiger partial charge is 0.310 e. The Morgan fingerprint density at radius 2 is 1.14 bits per heavy atom. The summed E-state index contributed by atoms with van der Waals surface area (Å²) >= 11 is 0. The Balaban J connectivity index is 1.47. The molecule has 3 heteroatoms. The van der Waals surface area contributed by atoms with Crippen molar-refractivity contribution in [1.29, 1.82) is 0 Å². The van der Waals surface area contributed by atoms with Crippen LogP contribution in [-0.2, 0) is 5.41 Å². The van der Waals surface area contributed by atoms with Crippen LogP contribution >= 0.6 is 0 Å². The number of anilines is 3. The van der Waals surface area contributed by atoms with Crippen LogP contribution in [0.5, 0.6) is 0 Å². The highest BCUT2D eigenvalue weighted by atomic mass is 15.2. The molecule has 37 heavy (non-hydrogen) atoms. The Morgan fingerprint density at radius 3 is 1.76 bits per heavy atom.